The maximum atomic E-state index is 13.8. The van der Waals surface area contributed by atoms with Crippen molar-refractivity contribution in [3.63, 3.8) is 0 Å². The summed E-state index contributed by atoms with van der Waals surface area (Å²) in [4.78, 5) is 24.4. The van der Waals surface area contributed by atoms with E-state index in [-0.39, 0.29) is 35.0 Å². The molecule has 1 heterocycles. The van der Waals surface area contributed by atoms with E-state index in [2.05, 4.69) is 10.4 Å². The Balaban J connectivity index is 1.49. The number of nitrogens with two attached hydrogens (primary N) is 1. The normalized spacial score (nSPS) is 31.9. The first kappa shape index (κ1) is 21.8. The molecule has 170 valence electrons. The highest BCUT2D eigenvalue weighted by molar-refractivity contribution is 5.95. The fraction of sp³-hybridized carbons (Fsp3) is 0.682. The van der Waals surface area contributed by atoms with E-state index in [4.69, 9.17) is 10.5 Å². The minimum Gasteiger partial charge on any atom is -0.443 e. The van der Waals surface area contributed by atoms with E-state index in [0.717, 1.165) is 19.3 Å². The van der Waals surface area contributed by atoms with Gasteiger partial charge in [-0.3, -0.25) is 9.18 Å². The minimum absolute atomic E-state index is 0.0505. The molecule has 3 N–H and O–H groups in total. The summed E-state index contributed by atoms with van der Waals surface area (Å²) in [5.74, 6) is 0.505. The molecule has 1 aromatic rings. The molecule has 4 saturated carbocycles. The Kier molecular flexibility index (Phi) is 5.55. The third-order valence-corrected chi connectivity index (χ3v) is 7.11. The zero-order chi connectivity index (χ0) is 22.4. The monoisotopic (exact) mass is 436 g/mol. The van der Waals surface area contributed by atoms with Gasteiger partial charge in [0.15, 0.2) is 0 Å². The van der Waals surface area contributed by atoms with Crippen molar-refractivity contribution in [3.8, 4) is 0 Å². The number of alkyl halides is 2. The number of nitrogens with zero attached hydrogens (tertiary/aromatic N) is 2. The van der Waals surface area contributed by atoms with E-state index in [1.54, 1.807) is 19.9 Å². The quantitative estimate of drug-likeness (QED) is 0.682. The van der Waals surface area contributed by atoms with Gasteiger partial charge >= 0.3 is 6.09 Å². The number of amides is 2. The van der Waals surface area contributed by atoms with Gasteiger partial charge in [-0.15, -0.1) is 0 Å². The van der Waals surface area contributed by atoms with Crippen molar-refractivity contribution in [3.05, 3.63) is 23.5 Å². The van der Waals surface area contributed by atoms with E-state index >= 15 is 0 Å². The van der Waals surface area contributed by atoms with Crippen LogP contribution in [-0.4, -0.2) is 40.1 Å². The van der Waals surface area contributed by atoms with Crippen LogP contribution in [-0.2, 0) is 11.4 Å². The topological polar surface area (TPSA) is 99.2 Å². The van der Waals surface area contributed by atoms with E-state index in [1.807, 2.05) is 0 Å². The zero-order valence-corrected chi connectivity index (χ0v) is 17.9. The Bertz CT molecular complexity index is 881. The third-order valence-electron chi connectivity index (χ3n) is 7.11. The molecule has 7 nitrogen and oxygen atoms in total. The Labute approximate surface area is 180 Å². The number of primary amides is 1. The third kappa shape index (κ3) is 4.19. The molecule has 0 aliphatic heterocycles. The molecule has 2 atom stereocenters. The summed E-state index contributed by atoms with van der Waals surface area (Å²) in [6, 6.07) is -0.0505. The van der Waals surface area contributed by atoms with Crippen molar-refractivity contribution < 1.29 is 23.1 Å². The van der Waals surface area contributed by atoms with Crippen LogP contribution < -0.4 is 11.1 Å². The average Bonchev–Trinajstić information content (AvgIpc) is 3.11. The van der Waals surface area contributed by atoms with Crippen molar-refractivity contribution in [2.24, 2.45) is 28.9 Å². The SMILES string of the molecule is CC(C)(/C=C/n1ncc(C(=O)NC2C3CC4CC2CC(OC(N)=O)(C4)C3)c1CF)CF. The first-order valence-electron chi connectivity index (χ1n) is 10.8. The molecule has 9 heteroatoms. The van der Waals surface area contributed by atoms with Crippen LogP contribution in [0.3, 0.4) is 0 Å². The summed E-state index contributed by atoms with van der Waals surface area (Å²) in [7, 11) is 0. The van der Waals surface area contributed by atoms with Gasteiger partial charge in [0.2, 0.25) is 0 Å². The van der Waals surface area contributed by atoms with Gasteiger partial charge < -0.3 is 15.8 Å². The molecule has 2 amide bonds. The number of carbonyl (C=O) groups excluding carboxylic acids is 2. The molecule has 4 fully saturated rings. The summed E-state index contributed by atoms with van der Waals surface area (Å²) < 4.78 is 33.6. The number of ether oxygens (including phenoxy) is 1. The number of nitrogens with one attached hydrogen (secondary N) is 1. The highest BCUT2D eigenvalue weighted by Crippen LogP contribution is 2.57. The van der Waals surface area contributed by atoms with Crippen LogP contribution in [0.5, 0.6) is 0 Å². The van der Waals surface area contributed by atoms with Crippen LogP contribution in [0.15, 0.2) is 12.3 Å². The molecule has 0 spiro atoms. The largest absolute Gasteiger partial charge is 0.443 e. The fourth-order valence-corrected chi connectivity index (χ4v) is 5.91. The van der Waals surface area contributed by atoms with Gasteiger partial charge in [-0.1, -0.05) is 19.9 Å². The first-order chi connectivity index (χ1) is 14.6. The van der Waals surface area contributed by atoms with Crippen molar-refractivity contribution >= 4 is 18.2 Å². The number of aromatic nitrogens is 2. The Morgan fingerprint density at radius 1 is 1.32 bits per heavy atom. The lowest BCUT2D eigenvalue weighted by Gasteiger charge is -2.58. The Morgan fingerprint density at radius 2 is 2.00 bits per heavy atom. The van der Waals surface area contributed by atoms with E-state index < -0.39 is 30.5 Å². The van der Waals surface area contributed by atoms with Gasteiger partial charge in [-0.05, 0) is 49.9 Å². The molecule has 4 bridgehead atoms. The van der Waals surface area contributed by atoms with Gasteiger partial charge in [-0.25, -0.2) is 13.9 Å². The maximum Gasteiger partial charge on any atom is 0.405 e. The smallest absolute Gasteiger partial charge is 0.405 e. The second kappa shape index (κ2) is 7.91. The summed E-state index contributed by atoms with van der Waals surface area (Å²) in [6.07, 6.45) is 7.87. The first-order valence-corrected chi connectivity index (χ1v) is 10.8. The fourth-order valence-electron chi connectivity index (χ4n) is 5.91. The number of rotatable bonds is 7. The summed E-state index contributed by atoms with van der Waals surface area (Å²) in [5, 5.41) is 7.21. The predicted molar refractivity (Wildman–Crippen MR) is 110 cm³/mol. The van der Waals surface area contributed by atoms with E-state index in [0.29, 0.717) is 18.8 Å². The van der Waals surface area contributed by atoms with Gasteiger partial charge in [0, 0.05) is 17.7 Å². The van der Waals surface area contributed by atoms with Crippen molar-refractivity contribution in [1.29, 1.82) is 0 Å². The van der Waals surface area contributed by atoms with Crippen molar-refractivity contribution in [2.45, 2.75) is 64.3 Å². The summed E-state index contributed by atoms with van der Waals surface area (Å²) in [5.41, 5.74) is 4.41. The van der Waals surface area contributed by atoms with Crippen LogP contribution in [0, 0.1) is 23.2 Å². The molecule has 0 aromatic carbocycles. The molecule has 5 rings (SSSR count). The van der Waals surface area contributed by atoms with Crippen LogP contribution >= 0.6 is 0 Å². The number of halogens is 2. The van der Waals surface area contributed by atoms with Crippen molar-refractivity contribution in [2.75, 3.05) is 6.67 Å². The standard InChI is InChI=1S/C22H30F2N4O3/c1-21(2,12-24)3-4-28-17(10-23)16(11-26-28)19(29)27-18-14-5-13-6-15(18)9-22(7-13,8-14)31-20(25)30/h3-4,11,13-15,18H,5-10,12H2,1-2H3,(H2,25,30)(H,27,29)/b4-3+. The number of allylic oxidation sites excluding steroid dienone is 1. The summed E-state index contributed by atoms with van der Waals surface area (Å²) >= 11 is 0. The lowest BCUT2D eigenvalue weighted by atomic mass is 9.52. The lowest BCUT2D eigenvalue weighted by molar-refractivity contribution is -0.137. The van der Waals surface area contributed by atoms with Crippen LogP contribution in [0.4, 0.5) is 13.6 Å². The average molecular weight is 437 g/mol. The highest BCUT2D eigenvalue weighted by atomic mass is 19.1. The molecule has 0 radical (unpaired) electrons. The number of carbonyl (C=O) groups is 2. The van der Waals surface area contributed by atoms with Gasteiger partial charge in [0.1, 0.15) is 12.3 Å². The van der Waals surface area contributed by atoms with Crippen LogP contribution in [0.25, 0.3) is 6.20 Å². The van der Waals surface area contributed by atoms with Gasteiger partial charge in [-0.2, -0.15) is 5.10 Å². The number of hydrogen-bond acceptors (Lipinski definition) is 4. The highest BCUT2D eigenvalue weighted by Gasteiger charge is 2.57. The molecular formula is C22H30F2N4O3. The van der Waals surface area contributed by atoms with E-state index in [9.17, 15) is 18.4 Å². The molecule has 4 aliphatic carbocycles. The summed E-state index contributed by atoms with van der Waals surface area (Å²) in [6.45, 7) is 2.02. The van der Waals surface area contributed by atoms with E-state index in [1.165, 1.54) is 17.1 Å². The maximum absolute atomic E-state index is 13.8. The van der Waals surface area contributed by atoms with Gasteiger partial charge in [0.25, 0.3) is 5.91 Å². The molecule has 4 aliphatic rings. The second-order valence-electron chi connectivity index (χ2n) is 10.1. The van der Waals surface area contributed by atoms with Crippen LogP contribution in [0.1, 0.15) is 62.0 Å². The molecule has 0 saturated heterocycles. The second-order valence-corrected chi connectivity index (χ2v) is 10.1. The Morgan fingerprint density at radius 3 is 2.58 bits per heavy atom. The number of hydrogen-bond donors (Lipinski definition) is 2. The minimum atomic E-state index is -0.863. The Hall–Kier alpha value is -2.45. The predicted octanol–water partition coefficient (Wildman–Crippen LogP) is 3.59. The van der Waals surface area contributed by atoms with Crippen molar-refractivity contribution in [1.82, 2.24) is 15.1 Å². The molecular weight excluding hydrogens is 406 g/mol. The van der Waals surface area contributed by atoms with Gasteiger partial charge in [0.05, 0.1) is 24.1 Å². The molecule has 1 aromatic heterocycles. The lowest BCUT2D eigenvalue weighted by Crippen LogP contribution is -2.63. The van der Waals surface area contributed by atoms with Crippen LogP contribution in [0.2, 0.25) is 0 Å². The molecule has 2 unspecified atom stereocenters. The zero-order valence-electron chi connectivity index (χ0n) is 17.9. The molecule has 31 heavy (non-hydrogen) atoms.